The molecule has 0 spiro atoms. The largest absolute Gasteiger partial charge is 0.361 e. The topological polar surface area (TPSA) is 55.1 Å². The summed E-state index contributed by atoms with van der Waals surface area (Å²) in [5.74, 6) is 0.394. The lowest BCUT2D eigenvalue weighted by Gasteiger charge is -2.15. The molecule has 0 aliphatic heterocycles. The molecule has 21 heavy (non-hydrogen) atoms. The number of nitrogens with zero attached hydrogens (tertiary/aromatic N) is 1. The summed E-state index contributed by atoms with van der Waals surface area (Å²) in [5, 5.41) is 9.00. The van der Waals surface area contributed by atoms with Gasteiger partial charge in [-0.1, -0.05) is 47.6 Å². The fourth-order valence-corrected chi connectivity index (χ4v) is 2.45. The molecule has 1 aromatic heterocycles. The Morgan fingerprint density at radius 3 is 2.71 bits per heavy atom. The summed E-state index contributed by atoms with van der Waals surface area (Å²) in [4.78, 5) is 12.1. The van der Waals surface area contributed by atoms with Gasteiger partial charge in [-0.15, -0.1) is 0 Å². The molecule has 106 valence electrons. The van der Waals surface area contributed by atoms with E-state index < -0.39 is 0 Å². The summed E-state index contributed by atoms with van der Waals surface area (Å²) < 4.78 is 4.93. The molecule has 1 N–H and O–H groups in total. The molecule has 0 fully saturated rings. The van der Waals surface area contributed by atoms with Crippen LogP contribution in [0.5, 0.6) is 0 Å². The quantitative estimate of drug-likeness (QED) is 0.797. The van der Waals surface area contributed by atoms with Gasteiger partial charge in [0.05, 0.1) is 6.04 Å². The van der Waals surface area contributed by atoms with Gasteiger partial charge in [0.25, 0.3) is 5.91 Å². The number of carbonyl (C=O) groups is 1. The molecule has 0 bridgehead atoms. The van der Waals surface area contributed by atoms with E-state index in [1.807, 2.05) is 31.2 Å². The van der Waals surface area contributed by atoms with Crippen molar-refractivity contribution in [2.45, 2.75) is 19.9 Å². The molecular weight excluding hydrogens is 264 g/mol. The second kappa shape index (κ2) is 5.40. The van der Waals surface area contributed by atoms with Crippen molar-refractivity contribution in [3.05, 3.63) is 65.5 Å². The van der Waals surface area contributed by atoms with Crippen LogP contribution in [0, 0.1) is 6.92 Å². The highest BCUT2D eigenvalue weighted by atomic mass is 16.5. The van der Waals surface area contributed by atoms with Gasteiger partial charge >= 0.3 is 0 Å². The van der Waals surface area contributed by atoms with Gasteiger partial charge in [-0.25, -0.2) is 0 Å². The van der Waals surface area contributed by atoms with Gasteiger partial charge in [0.2, 0.25) is 0 Å². The number of aryl methyl sites for hydroxylation is 1. The molecule has 0 saturated carbocycles. The minimum Gasteiger partial charge on any atom is -0.361 e. The summed E-state index contributed by atoms with van der Waals surface area (Å²) in [6, 6.07) is 15.7. The van der Waals surface area contributed by atoms with Crippen molar-refractivity contribution in [3.8, 4) is 0 Å². The summed E-state index contributed by atoms with van der Waals surface area (Å²) in [6.07, 6.45) is 0. The Labute approximate surface area is 122 Å². The lowest BCUT2D eigenvalue weighted by atomic mass is 9.99. The van der Waals surface area contributed by atoms with Gasteiger partial charge in [-0.2, -0.15) is 0 Å². The van der Waals surface area contributed by atoms with Crippen molar-refractivity contribution in [1.29, 1.82) is 0 Å². The minimum atomic E-state index is -0.229. The Balaban J connectivity index is 1.87. The van der Waals surface area contributed by atoms with E-state index in [0.717, 1.165) is 16.3 Å². The average Bonchev–Trinajstić information content (AvgIpc) is 2.93. The Morgan fingerprint density at radius 1 is 1.19 bits per heavy atom. The second-order valence-electron chi connectivity index (χ2n) is 5.09. The van der Waals surface area contributed by atoms with Crippen molar-refractivity contribution < 1.29 is 9.32 Å². The third-order valence-corrected chi connectivity index (χ3v) is 3.50. The Kier molecular flexibility index (Phi) is 3.44. The number of nitrogens with one attached hydrogen (secondary N) is 1. The van der Waals surface area contributed by atoms with Crippen LogP contribution in [0.15, 0.2) is 53.1 Å². The van der Waals surface area contributed by atoms with Crippen molar-refractivity contribution in [1.82, 2.24) is 10.5 Å². The van der Waals surface area contributed by atoms with Gasteiger partial charge in [0, 0.05) is 6.07 Å². The van der Waals surface area contributed by atoms with Crippen LogP contribution in [-0.2, 0) is 0 Å². The van der Waals surface area contributed by atoms with E-state index in [4.69, 9.17) is 4.52 Å². The predicted octanol–water partition coefficient (Wildman–Crippen LogP) is 3.63. The zero-order valence-corrected chi connectivity index (χ0v) is 12.0. The molecule has 4 heteroatoms. The summed E-state index contributed by atoms with van der Waals surface area (Å²) >= 11 is 0. The van der Waals surface area contributed by atoms with Crippen molar-refractivity contribution in [3.63, 3.8) is 0 Å². The predicted molar refractivity (Wildman–Crippen MR) is 81.1 cm³/mol. The van der Waals surface area contributed by atoms with Crippen LogP contribution in [0.3, 0.4) is 0 Å². The summed E-state index contributed by atoms with van der Waals surface area (Å²) in [7, 11) is 0. The van der Waals surface area contributed by atoms with Gasteiger partial charge < -0.3 is 9.84 Å². The maximum absolute atomic E-state index is 12.1. The zero-order chi connectivity index (χ0) is 14.8. The molecule has 0 aliphatic carbocycles. The SMILES string of the molecule is Cc1cc(C(=O)N[C@H](C)c2cccc3ccccc23)no1. The lowest BCUT2D eigenvalue weighted by Crippen LogP contribution is -2.27. The van der Waals surface area contributed by atoms with Crippen LogP contribution in [0.1, 0.15) is 34.8 Å². The number of hydrogen-bond donors (Lipinski definition) is 1. The number of fused-ring (bicyclic) bond motifs is 1. The molecule has 1 heterocycles. The summed E-state index contributed by atoms with van der Waals surface area (Å²) in [5.41, 5.74) is 1.39. The number of rotatable bonds is 3. The molecule has 3 aromatic rings. The van der Waals surface area contributed by atoms with E-state index in [9.17, 15) is 4.79 Å². The highest BCUT2D eigenvalue weighted by Crippen LogP contribution is 2.24. The van der Waals surface area contributed by atoms with Crippen molar-refractivity contribution in [2.75, 3.05) is 0 Å². The molecule has 1 atom stereocenters. The normalized spacial score (nSPS) is 12.3. The first-order valence-corrected chi connectivity index (χ1v) is 6.87. The van der Waals surface area contributed by atoms with Crippen LogP contribution >= 0.6 is 0 Å². The van der Waals surface area contributed by atoms with Crippen LogP contribution in [-0.4, -0.2) is 11.1 Å². The number of aromatic nitrogens is 1. The van der Waals surface area contributed by atoms with E-state index >= 15 is 0 Å². The average molecular weight is 280 g/mol. The molecular formula is C17H16N2O2. The highest BCUT2D eigenvalue weighted by Gasteiger charge is 2.16. The standard InChI is InChI=1S/C17H16N2O2/c1-11-10-16(19-21-11)17(20)18-12(2)14-9-5-7-13-6-3-4-8-15(13)14/h3-10,12H,1-2H3,(H,18,20)/t12-/m1/s1. The van der Waals surface area contributed by atoms with Gasteiger partial charge in [-0.3, -0.25) is 4.79 Å². The van der Waals surface area contributed by atoms with Crippen LogP contribution in [0.4, 0.5) is 0 Å². The number of hydrogen-bond acceptors (Lipinski definition) is 3. The molecule has 0 aliphatic rings. The Morgan fingerprint density at radius 2 is 1.95 bits per heavy atom. The monoisotopic (exact) mass is 280 g/mol. The van der Waals surface area contributed by atoms with Crippen LogP contribution in [0.25, 0.3) is 10.8 Å². The van der Waals surface area contributed by atoms with E-state index in [0.29, 0.717) is 11.5 Å². The molecule has 0 radical (unpaired) electrons. The molecule has 3 rings (SSSR count). The highest BCUT2D eigenvalue weighted by molar-refractivity contribution is 5.93. The molecule has 2 aromatic carbocycles. The van der Waals surface area contributed by atoms with E-state index in [1.54, 1.807) is 13.0 Å². The number of carbonyl (C=O) groups excluding carboxylic acids is 1. The zero-order valence-electron chi connectivity index (χ0n) is 12.0. The smallest absolute Gasteiger partial charge is 0.273 e. The third kappa shape index (κ3) is 2.65. The van der Waals surface area contributed by atoms with Gasteiger partial charge in [0.15, 0.2) is 5.69 Å². The van der Waals surface area contributed by atoms with Crippen LogP contribution in [0.2, 0.25) is 0 Å². The molecule has 0 unspecified atom stereocenters. The number of amides is 1. The molecule has 1 amide bonds. The third-order valence-electron chi connectivity index (χ3n) is 3.50. The fraction of sp³-hybridized carbons (Fsp3) is 0.176. The van der Waals surface area contributed by atoms with Gasteiger partial charge in [-0.05, 0) is 30.2 Å². The minimum absolute atomic E-state index is 0.111. The molecule has 4 nitrogen and oxygen atoms in total. The summed E-state index contributed by atoms with van der Waals surface area (Å²) in [6.45, 7) is 3.73. The van der Waals surface area contributed by atoms with Gasteiger partial charge in [0.1, 0.15) is 5.76 Å². The number of benzene rings is 2. The van der Waals surface area contributed by atoms with E-state index in [1.165, 1.54) is 0 Å². The van der Waals surface area contributed by atoms with Crippen LogP contribution < -0.4 is 5.32 Å². The lowest BCUT2D eigenvalue weighted by molar-refractivity contribution is 0.0931. The maximum atomic E-state index is 12.1. The first-order chi connectivity index (χ1) is 10.1. The fourth-order valence-electron chi connectivity index (χ4n) is 2.45. The second-order valence-corrected chi connectivity index (χ2v) is 5.09. The Hall–Kier alpha value is -2.62. The first kappa shape index (κ1) is 13.4. The Bertz CT molecular complexity index is 787. The molecule has 0 saturated heterocycles. The van der Waals surface area contributed by atoms with E-state index in [-0.39, 0.29) is 11.9 Å². The maximum Gasteiger partial charge on any atom is 0.273 e. The van der Waals surface area contributed by atoms with Crippen molar-refractivity contribution in [2.24, 2.45) is 0 Å². The first-order valence-electron chi connectivity index (χ1n) is 6.87. The van der Waals surface area contributed by atoms with E-state index in [2.05, 4.69) is 28.7 Å². The van der Waals surface area contributed by atoms with Crippen molar-refractivity contribution >= 4 is 16.7 Å².